The van der Waals surface area contributed by atoms with Crippen LogP contribution in [0.1, 0.15) is 6.92 Å². The maximum atomic E-state index is 14.4. The minimum atomic E-state index is -1.02. The van der Waals surface area contributed by atoms with E-state index in [9.17, 15) is 28.9 Å². The Morgan fingerprint density at radius 3 is 2.73 bits per heavy atom. The summed E-state index contributed by atoms with van der Waals surface area (Å²) < 4.78 is 20.3. The molecule has 1 aromatic carbocycles. The Balaban J connectivity index is 2.52. The molecule has 138 valence electrons. The maximum absolute atomic E-state index is 14.4. The Morgan fingerprint density at radius 2 is 2.12 bits per heavy atom. The fraction of sp³-hybridized carbons (Fsp3) is 0.286. The van der Waals surface area contributed by atoms with Gasteiger partial charge < -0.3 is 10.1 Å². The number of halogens is 1. The Kier molecular flexibility index (Phi) is 5.45. The van der Waals surface area contributed by atoms with E-state index in [-0.39, 0.29) is 12.3 Å². The van der Waals surface area contributed by atoms with Crippen LogP contribution in [-0.2, 0) is 16.6 Å². The van der Waals surface area contributed by atoms with Gasteiger partial charge in [0.05, 0.1) is 11.5 Å². The molecule has 11 nitrogen and oxygen atoms in total. The number of esters is 1. The van der Waals surface area contributed by atoms with Gasteiger partial charge in [-0.2, -0.15) is 9.78 Å². The van der Waals surface area contributed by atoms with Gasteiger partial charge in [0.15, 0.2) is 5.82 Å². The molecule has 0 saturated heterocycles. The lowest BCUT2D eigenvalue weighted by molar-refractivity contribution is -0.384. The average Bonchev–Trinajstić information content (AvgIpc) is 2.58. The van der Waals surface area contributed by atoms with Gasteiger partial charge in [-0.25, -0.2) is 9.18 Å². The van der Waals surface area contributed by atoms with Gasteiger partial charge in [-0.15, -0.1) is 0 Å². The fourth-order valence-electron chi connectivity index (χ4n) is 2.03. The standard InChI is InChI=1S/C14H14FN5O6/c1-3-26-13(22)7-16-9-4-8(15)10(5-11(9)20(24)25)19-14(23)18(2)12(21)6-17-19/h4-6,16H,3,7H2,1-2H3. The zero-order valence-corrected chi connectivity index (χ0v) is 13.8. The van der Waals surface area contributed by atoms with Crippen LogP contribution in [0.15, 0.2) is 27.9 Å². The van der Waals surface area contributed by atoms with E-state index in [1.54, 1.807) is 6.92 Å². The Bertz CT molecular complexity index is 983. The van der Waals surface area contributed by atoms with Gasteiger partial charge in [0.25, 0.3) is 11.2 Å². The van der Waals surface area contributed by atoms with Gasteiger partial charge in [-0.3, -0.25) is 24.3 Å². The predicted octanol–water partition coefficient (Wildman–Crippen LogP) is -0.0465. The largest absolute Gasteiger partial charge is 0.465 e. The summed E-state index contributed by atoms with van der Waals surface area (Å²) in [6.45, 7) is 1.30. The van der Waals surface area contributed by atoms with Crippen LogP contribution >= 0.6 is 0 Å². The van der Waals surface area contributed by atoms with Crippen LogP contribution < -0.4 is 16.6 Å². The molecule has 2 aromatic rings. The van der Waals surface area contributed by atoms with Gasteiger partial charge in [-0.1, -0.05) is 0 Å². The molecule has 1 N–H and O–H groups in total. The second kappa shape index (κ2) is 7.55. The topological polar surface area (TPSA) is 138 Å². The summed E-state index contributed by atoms with van der Waals surface area (Å²) in [6, 6.07) is 1.54. The number of ether oxygens (including phenoxy) is 1. The third kappa shape index (κ3) is 3.74. The average molecular weight is 367 g/mol. The predicted molar refractivity (Wildman–Crippen MR) is 86.8 cm³/mol. The van der Waals surface area contributed by atoms with Crippen LogP contribution in [0.4, 0.5) is 15.8 Å². The number of carbonyl (C=O) groups is 1. The van der Waals surface area contributed by atoms with Gasteiger partial charge in [-0.05, 0) is 6.92 Å². The number of carbonyl (C=O) groups excluding carboxylic acids is 1. The number of rotatable bonds is 6. The van der Waals surface area contributed by atoms with E-state index in [1.807, 2.05) is 0 Å². The highest BCUT2D eigenvalue weighted by atomic mass is 19.1. The van der Waals surface area contributed by atoms with Gasteiger partial charge in [0.2, 0.25) is 0 Å². The van der Waals surface area contributed by atoms with Crippen molar-refractivity contribution in [2.24, 2.45) is 7.05 Å². The molecule has 0 unspecified atom stereocenters. The summed E-state index contributed by atoms with van der Waals surface area (Å²) >= 11 is 0. The van der Waals surface area contributed by atoms with Gasteiger partial charge >= 0.3 is 11.7 Å². The molecule has 0 bridgehead atoms. The molecule has 0 radical (unpaired) electrons. The van der Waals surface area contributed by atoms with E-state index in [1.165, 1.54) is 0 Å². The summed E-state index contributed by atoms with van der Waals surface area (Å²) in [7, 11) is 1.16. The molecule has 0 saturated carbocycles. The molecular formula is C14H14FN5O6. The van der Waals surface area contributed by atoms with E-state index in [2.05, 4.69) is 15.2 Å². The zero-order chi connectivity index (χ0) is 19.4. The van der Waals surface area contributed by atoms with Crippen molar-refractivity contribution in [3.05, 3.63) is 55.1 Å². The van der Waals surface area contributed by atoms with E-state index in [0.717, 1.165) is 25.4 Å². The van der Waals surface area contributed by atoms with E-state index < -0.39 is 45.9 Å². The molecule has 0 aliphatic carbocycles. The van der Waals surface area contributed by atoms with Crippen LogP contribution in [-0.4, -0.2) is 38.4 Å². The molecule has 26 heavy (non-hydrogen) atoms. The third-order valence-electron chi connectivity index (χ3n) is 3.30. The second-order valence-corrected chi connectivity index (χ2v) is 4.97. The van der Waals surface area contributed by atoms with Crippen molar-refractivity contribution in [1.29, 1.82) is 0 Å². The number of hydrogen-bond acceptors (Lipinski definition) is 8. The minimum Gasteiger partial charge on any atom is -0.465 e. The van der Waals surface area contributed by atoms with Crippen LogP contribution in [0.5, 0.6) is 0 Å². The van der Waals surface area contributed by atoms with E-state index in [0.29, 0.717) is 9.25 Å². The van der Waals surface area contributed by atoms with Gasteiger partial charge in [0, 0.05) is 19.2 Å². The van der Waals surface area contributed by atoms with Gasteiger partial charge in [0.1, 0.15) is 24.1 Å². The normalized spacial score (nSPS) is 10.4. The van der Waals surface area contributed by atoms with Crippen LogP contribution in [0, 0.1) is 15.9 Å². The molecule has 2 rings (SSSR count). The summed E-state index contributed by atoms with van der Waals surface area (Å²) in [5.41, 5.74) is -3.07. The quantitative estimate of drug-likeness (QED) is 0.426. The van der Waals surface area contributed by atoms with Crippen molar-refractivity contribution >= 4 is 17.3 Å². The summed E-state index contributed by atoms with van der Waals surface area (Å²) in [5.74, 6) is -1.70. The first-order valence-electron chi connectivity index (χ1n) is 7.29. The molecule has 0 aliphatic rings. The first-order valence-corrected chi connectivity index (χ1v) is 7.29. The Labute approximate surface area is 144 Å². The summed E-state index contributed by atoms with van der Waals surface area (Å²) in [6.07, 6.45) is 0.777. The Morgan fingerprint density at radius 1 is 1.42 bits per heavy atom. The zero-order valence-electron chi connectivity index (χ0n) is 13.8. The molecular weight excluding hydrogens is 353 g/mol. The van der Waals surface area contributed by atoms with Crippen LogP contribution in [0.3, 0.4) is 0 Å². The minimum absolute atomic E-state index is 0.122. The molecule has 0 fully saturated rings. The number of nitrogens with zero attached hydrogens (tertiary/aromatic N) is 4. The van der Waals surface area contributed by atoms with Crippen LogP contribution in [0.2, 0.25) is 0 Å². The lowest BCUT2D eigenvalue weighted by atomic mass is 10.2. The van der Waals surface area contributed by atoms with Crippen molar-refractivity contribution in [2.75, 3.05) is 18.5 Å². The number of benzene rings is 1. The molecule has 0 atom stereocenters. The first-order chi connectivity index (χ1) is 12.3. The third-order valence-corrected chi connectivity index (χ3v) is 3.30. The second-order valence-electron chi connectivity index (χ2n) is 4.97. The SMILES string of the molecule is CCOC(=O)CNc1cc(F)c(-n2ncc(=O)n(C)c2=O)cc1[N+](=O)[O-]. The lowest BCUT2D eigenvalue weighted by Crippen LogP contribution is -2.38. The lowest BCUT2D eigenvalue weighted by Gasteiger charge is -2.11. The van der Waals surface area contributed by atoms with Crippen molar-refractivity contribution in [3.63, 3.8) is 0 Å². The summed E-state index contributed by atoms with van der Waals surface area (Å²) in [5, 5.41) is 17.2. The number of nitro benzene ring substituents is 1. The van der Waals surface area contributed by atoms with Crippen molar-refractivity contribution in [3.8, 4) is 5.69 Å². The van der Waals surface area contributed by atoms with Crippen LogP contribution in [0.25, 0.3) is 5.69 Å². The number of anilines is 1. The highest BCUT2D eigenvalue weighted by Crippen LogP contribution is 2.28. The first kappa shape index (κ1) is 18.8. The highest BCUT2D eigenvalue weighted by molar-refractivity contribution is 5.77. The smallest absolute Gasteiger partial charge is 0.352 e. The Hall–Kier alpha value is -3.57. The number of aromatic nitrogens is 3. The molecule has 0 spiro atoms. The number of nitro groups is 1. The van der Waals surface area contributed by atoms with Crippen molar-refractivity contribution in [2.45, 2.75) is 6.92 Å². The maximum Gasteiger partial charge on any atom is 0.352 e. The van der Waals surface area contributed by atoms with Crippen molar-refractivity contribution < 1.29 is 18.8 Å². The molecule has 0 aliphatic heterocycles. The molecule has 1 heterocycles. The monoisotopic (exact) mass is 367 g/mol. The van der Waals surface area contributed by atoms with E-state index >= 15 is 0 Å². The molecule has 0 amide bonds. The van der Waals surface area contributed by atoms with E-state index in [4.69, 9.17) is 0 Å². The number of nitrogens with one attached hydrogen (secondary N) is 1. The highest BCUT2D eigenvalue weighted by Gasteiger charge is 2.21. The molecule has 12 heteroatoms. The number of hydrogen-bond donors (Lipinski definition) is 1. The fourth-order valence-corrected chi connectivity index (χ4v) is 2.03. The summed E-state index contributed by atoms with van der Waals surface area (Å²) in [4.78, 5) is 45.2. The molecule has 1 aromatic heterocycles. The van der Waals surface area contributed by atoms with Crippen molar-refractivity contribution in [1.82, 2.24) is 14.3 Å².